The van der Waals surface area contributed by atoms with Crippen molar-refractivity contribution < 1.29 is 24.2 Å². The zero-order valence-corrected chi connectivity index (χ0v) is 24.8. The third-order valence-electron chi connectivity index (χ3n) is 8.97. The molecule has 234 valence electrons. The van der Waals surface area contributed by atoms with Crippen LogP contribution in [0.15, 0.2) is 59.4 Å². The number of piperidine rings is 1. The van der Waals surface area contributed by atoms with Gasteiger partial charge in [0.25, 0.3) is 5.91 Å². The van der Waals surface area contributed by atoms with Crippen molar-refractivity contribution in [1.29, 1.82) is 0 Å². The van der Waals surface area contributed by atoms with Gasteiger partial charge >= 0.3 is 11.8 Å². The topological polar surface area (TPSA) is 133 Å². The number of benzene rings is 2. The minimum atomic E-state index is -0.984. The zero-order chi connectivity index (χ0) is 30.5. The fraction of sp³-hybridized carbons (Fsp3) is 0.500. The van der Waals surface area contributed by atoms with Gasteiger partial charge in [-0.15, -0.1) is 5.10 Å². The Labute approximate surface area is 256 Å². The Balaban J connectivity index is 1.08. The number of phenols is 1. The number of nitrogens with one attached hydrogen (secondary N) is 1. The molecule has 0 aliphatic carbocycles. The van der Waals surface area contributed by atoms with Crippen molar-refractivity contribution in [3.05, 3.63) is 70.6 Å². The van der Waals surface area contributed by atoms with Crippen molar-refractivity contribution in [2.45, 2.75) is 50.3 Å². The number of amides is 2. The van der Waals surface area contributed by atoms with Crippen LogP contribution in [-0.4, -0.2) is 111 Å². The minimum Gasteiger partial charge on any atom is -0.508 e. The Hall–Kier alpha value is -4.16. The molecule has 1 aromatic heterocycles. The smallest absolute Gasteiger partial charge is 0.410 e. The third kappa shape index (κ3) is 6.97. The molecule has 4 heterocycles. The number of carbonyl (C=O) groups is 2. The summed E-state index contributed by atoms with van der Waals surface area (Å²) in [5, 5.41) is 14.2. The van der Waals surface area contributed by atoms with Gasteiger partial charge in [0.1, 0.15) is 5.75 Å². The summed E-state index contributed by atoms with van der Waals surface area (Å²) >= 11 is 0. The number of phenolic OH excluding ortho intramolecular Hbond substituents is 1. The van der Waals surface area contributed by atoms with Crippen molar-refractivity contribution in [1.82, 2.24) is 29.5 Å². The van der Waals surface area contributed by atoms with E-state index in [9.17, 15) is 19.5 Å². The Kier molecular flexibility index (Phi) is 9.27. The van der Waals surface area contributed by atoms with E-state index >= 15 is 0 Å². The van der Waals surface area contributed by atoms with E-state index in [1.54, 1.807) is 34.1 Å². The standard InChI is InChI=1S/C32H40N6O6/c39-27-8-6-23(7-9-27)22-28(30(40)36-18-16-35(17-19-36)25-12-20-43-21-13-25)44-32(42)37-14-10-26(11-15-37)38-31(41)33-29(34-38)24-4-2-1-3-5-24/h1-9,25-26,28,39H,10-22H2,(H,33,34,41)/t28-/m1/s1. The third-order valence-corrected chi connectivity index (χ3v) is 8.97. The second-order valence-corrected chi connectivity index (χ2v) is 11.8. The number of piperazine rings is 1. The van der Waals surface area contributed by atoms with Crippen LogP contribution >= 0.6 is 0 Å². The molecule has 3 fully saturated rings. The lowest BCUT2D eigenvalue weighted by Crippen LogP contribution is -2.55. The molecule has 3 aliphatic rings. The van der Waals surface area contributed by atoms with E-state index < -0.39 is 12.2 Å². The molecule has 12 heteroatoms. The highest BCUT2D eigenvalue weighted by Gasteiger charge is 2.35. The van der Waals surface area contributed by atoms with Gasteiger partial charge < -0.3 is 24.4 Å². The van der Waals surface area contributed by atoms with E-state index in [1.807, 2.05) is 30.3 Å². The molecule has 0 radical (unpaired) electrons. The van der Waals surface area contributed by atoms with Gasteiger partial charge in [-0.3, -0.25) is 14.7 Å². The maximum Gasteiger partial charge on any atom is 0.410 e. The van der Waals surface area contributed by atoms with Gasteiger partial charge in [0.2, 0.25) is 0 Å². The quantitative estimate of drug-likeness (QED) is 0.421. The lowest BCUT2D eigenvalue weighted by atomic mass is 10.0. The molecule has 2 amide bonds. The largest absolute Gasteiger partial charge is 0.508 e. The van der Waals surface area contributed by atoms with E-state index in [-0.39, 0.29) is 29.8 Å². The van der Waals surface area contributed by atoms with Crippen LogP contribution in [0.4, 0.5) is 4.79 Å². The van der Waals surface area contributed by atoms with E-state index in [2.05, 4.69) is 15.0 Å². The van der Waals surface area contributed by atoms with E-state index in [0.717, 1.165) is 50.3 Å². The molecule has 44 heavy (non-hydrogen) atoms. The monoisotopic (exact) mass is 604 g/mol. The fourth-order valence-electron chi connectivity index (χ4n) is 6.39. The Morgan fingerprint density at radius 2 is 1.57 bits per heavy atom. The molecule has 0 saturated carbocycles. The first-order chi connectivity index (χ1) is 21.4. The lowest BCUT2D eigenvalue weighted by molar-refractivity contribution is -0.143. The van der Waals surface area contributed by atoms with Crippen molar-refractivity contribution in [2.75, 3.05) is 52.5 Å². The van der Waals surface area contributed by atoms with Gasteiger partial charge in [-0.2, -0.15) is 0 Å². The van der Waals surface area contributed by atoms with E-state index in [1.165, 1.54) is 4.68 Å². The van der Waals surface area contributed by atoms with Gasteiger partial charge in [0.15, 0.2) is 11.9 Å². The lowest BCUT2D eigenvalue weighted by Gasteiger charge is -2.41. The number of ether oxygens (including phenoxy) is 2. The summed E-state index contributed by atoms with van der Waals surface area (Å²) in [6, 6.07) is 16.4. The molecular weight excluding hydrogens is 564 g/mol. The fourth-order valence-corrected chi connectivity index (χ4v) is 6.39. The summed E-state index contributed by atoms with van der Waals surface area (Å²) in [4.78, 5) is 48.5. The van der Waals surface area contributed by atoms with Crippen LogP contribution in [0.2, 0.25) is 0 Å². The Morgan fingerprint density at radius 1 is 0.886 bits per heavy atom. The van der Waals surface area contributed by atoms with Crippen LogP contribution < -0.4 is 5.69 Å². The van der Waals surface area contributed by atoms with Gasteiger partial charge in [0.05, 0.1) is 6.04 Å². The molecule has 0 unspecified atom stereocenters. The molecule has 2 N–H and O–H groups in total. The normalized spacial score (nSPS) is 19.5. The number of aromatic nitrogens is 3. The number of hydrogen-bond acceptors (Lipinski definition) is 8. The maximum atomic E-state index is 13.8. The summed E-state index contributed by atoms with van der Waals surface area (Å²) in [5.74, 6) is 0.443. The average molecular weight is 605 g/mol. The summed E-state index contributed by atoms with van der Waals surface area (Å²) in [6.07, 6.45) is 1.79. The van der Waals surface area contributed by atoms with Crippen LogP contribution in [0, 0.1) is 0 Å². The van der Waals surface area contributed by atoms with Crippen LogP contribution in [-0.2, 0) is 20.7 Å². The SMILES string of the molecule is O=C(O[C@H](Cc1ccc(O)cc1)C(=O)N1CCN(C2CCOCC2)CC1)N1CCC(n2nc(-c3ccccc3)[nH]c2=O)CC1. The van der Waals surface area contributed by atoms with Crippen molar-refractivity contribution >= 4 is 12.0 Å². The average Bonchev–Trinajstić information content (AvgIpc) is 3.47. The first kappa shape index (κ1) is 29.9. The molecular formula is C32H40N6O6. The summed E-state index contributed by atoms with van der Waals surface area (Å²) < 4.78 is 12.9. The number of likely N-dealkylation sites (tertiary alicyclic amines) is 1. The van der Waals surface area contributed by atoms with Crippen LogP contribution in [0.1, 0.15) is 37.3 Å². The number of carbonyl (C=O) groups excluding carboxylic acids is 2. The highest BCUT2D eigenvalue weighted by molar-refractivity contribution is 5.84. The Morgan fingerprint density at radius 3 is 2.25 bits per heavy atom. The first-order valence-corrected chi connectivity index (χ1v) is 15.5. The molecule has 0 spiro atoms. The summed E-state index contributed by atoms with van der Waals surface area (Å²) in [6.45, 7) is 5.03. The zero-order valence-electron chi connectivity index (χ0n) is 24.8. The number of hydrogen-bond donors (Lipinski definition) is 2. The minimum absolute atomic E-state index is 0.132. The number of rotatable bonds is 7. The van der Waals surface area contributed by atoms with E-state index in [4.69, 9.17) is 9.47 Å². The van der Waals surface area contributed by atoms with Crippen molar-refractivity contribution in [3.63, 3.8) is 0 Å². The molecule has 12 nitrogen and oxygen atoms in total. The first-order valence-electron chi connectivity index (χ1n) is 15.5. The number of aromatic hydroxyl groups is 1. The van der Waals surface area contributed by atoms with Gasteiger partial charge in [0, 0.05) is 70.5 Å². The molecule has 3 aliphatic heterocycles. The highest BCUT2D eigenvalue weighted by atomic mass is 16.6. The highest BCUT2D eigenvalue weighted by Crippen LogP contribution is 2.24. The van der Waals surface area contributed by atoms with Gasteiger partial charge in [-0.1, -0.05) is 42.5 Å². The van der Waals surface area contributed by atoms with Crippen LogP contribution in [0.5, 0.6) is 5.75 Å². The number of nitrogens with zero attached hydrogens (tertiary/aromatic N) is 5. The number of aromatic amines is 1. The second kappa shape index (κ2) is 13.6. The predicted octanol–water partition coefficient (Wildman–Crippen LogP) is 2.65. The molecule has 3 aromatic rings. The van der Waals surface area contributed by atoms with Gasteiger partial charge in [-0.05, 0) is 43.4 Å². The van der Waals surface area contributed by atoms with Gasteiger partial charge in [-0.25, -0.2) is 14.3 Å². The number of H-pyrrole nitrogens is 1. The van der Waals surface area contributed by atoms with E-state index in [0.29, 0.717) is 50.9 Å². The second-order valence-electron chi connectivity index (χ2n) is 11.8. The van der Waals surface area contributed by atoms with Crippen molar-refractivity contribution in [3.8, 4) is 17.1 Å². The molecule has 6 rings (SSSR count). The molecule has 2 aromatic carbocycles. The Bertz CT molecular complexity index is 1450. The summed E-state index contributed by atoms with van der Waals surface area (Å²) in [7, 11) is 0. The van der Waals surface area contributed by atoms with Crippen LogP contribution in [0.25, 0.3) is 11.4 Å². The van der Waals surface area contributed by atoms with Crippen LogP contribution in [0.3, 0.4) is 0 Å². The molecule has 0 bridgehead atoms. The predicted molar refractivity (Wildman–Crippen MR) is 162 cm³/mol. The maximum absolute atomic E-state index is 13.8. The molecule has 1 atom stereocenters. The summed E-state index contributed by atoms with van der Waals surface area (Å²) in [5.41, 5.74) is 1.35. The molecule has 3 saturated heterocycles. The van der Waals surface area contributed by atoms with Crippen molar-refractivity contribution in [2.24, 2.45) is 0 Å².